The van der Waals surface area contributed by atoms with Crippen molar-refractivity contribution < 1.29 is 23.4 Å². The average molecular weight is 522 g/mol. The molecule has 1 spiro atoms. The van der Waals surface area contributed by atoms with Gasteiger partial charge in [0.2, 0.25) is 5.88 Å². The summed E-state index contributed by atoms with van der Waals surface area (Å²) in [5, 5.41) is 10.7. The number of nitrogens with one attached hydrogen (secondary N) is 3. The minimum Gasteiger partial charge on any atom is -0.488 e. The Balaban J connectivity index is 1.24. The Morgan fingerprint density at radius 2 is 1.92 bits per heavy atom. The SMILES string of the molecule is CC(C)Oc1c(-c2cc3cc(NC(=O)OC4CC5(CCNCC5)C4)ncc3cc2F)cnc2c1NCCO2. The molecule has 1 aromatic carbocycles. The zero-order valence-electron chi connectivity index (χ0n) is 21.6. The zero-order chi connectivity index (χ0) is 26.3. The van der Waals surface area contributed by atoms with Crippen LogP contribution in [0.4, 0.5) is 20.7 Å². The van der Waals surface area contributed by atoms with Gasteiger partial charge in [0.25, 0.3) is 0 Å². The van der Waals surface area contributed by atoms with Crippen LogP contribution in [0.5, 0.6) is 11.6 Å². The van der Waals surface area contributed by atoms with Crippen molar-refractivity contribution >= 4 is 28.4 Å². The largest absolute Gasteiger partial charge is 0.488 e. The van der Waals surface area contributed by atoms with Crippen molar-refractivity contribution in [2.45, 2.75) is 51.7 Å². The molecule has 1 saturated heterocycles. The maximum Gasteiger partial charge on any atom is 0.413 e. The lowest BCUT2D eigenvalue weighted by molar-refractivity contribution is -0.0539. The number of fused-ring (bicyclic) bond motifs is 2. The highest BCUT2D eigenvalue weighted by molar-refractivity contribution is 5.93. The Hall–Kier alpha value is -3.66. The van der Waals surface area contributed by atoms with Gasteiger partial charge in [-0.2, -0.15) is 0 Å². The Kier molecular flexibility index (Phi) is 6.43. The van der Waals surface area contributed by atoms with Crippen molar-refractivity contribution in [3.05, 3.63) is 36.4 Å². The van der Waals surface area contributed by atoms with Gasteiger partial charge in [0.05, 0.1) is 6.10 Å². The van der Waals surface area contributed by atoms with Gasteiger partial charge >= 0.3 is 6.09 Å². The number of benzene rings is 1. The van der Waals surface area contributed by atoms with Crippen molar-refractivity contribution in [3.8, 4) is 22.8 Å². The van der Waals surface area contributed by atoms with Gasteiger partial charge in [0.1, 0.15) is 30.0 Å². The standard InChI is InChI=1S/C28H32FN5O4/c1-16(2)37-25-21(15-33-26-24(25)31-7-8-36-26)20-9-17-11-23(32-14-18(17)10-22(20)29)34-27(35)38-19-12-28(13-19)3-5-30-6-4-28/h9-11,14-16,19,30-31H,3-8,12-13H2,1-2H3,(H,32,34,35). The molecule has 4 heterocycles. The van der Waals surface area contributed by atoms with Crippen LogP contribution in [0.15, 0.2) is 30.6 Å². The molecule has 1 saturated carbocycles. The maximum absolute atomic E-state index is 15.3. The lowest BCUT2D eigenvalue weighted by Crippen LogP contribution is -2.49. The Labute approximate surface area is 220 Å². The third kappa shape index (κ3) is 4.80. The second kappa shape index (κ2) is 9.90. The van der Waals surface area contributed by atoms with E-state index in [0.29, 0.717) is 63.6 Å². The predicted molar refractivity (Wildman–Crippen MR) is 142 cm³/mol. The maximum atomic E-state index is 15.3. The van der Waals surface area contributed by atoms with Gasteiger partial charge in [0, 0.05) is 35.5 Å². The number of anilines is 2. The molecule has 6 rings (SSSR count). The second-order valence-electron chi connectivity index (χ2n) is 10.7. The quantitative estimate of drug-likeness (QED) is 0.425. The number of carbonyl (C=O) groups is 1. The fraction of sp³-hybridized carbons (Fsp3) is 0.464. The first-order valence-corrected chi connectivity index (χ1v) is 13.2. The number of amides is 1. The van der Waals surface area contributed by atoms with Gasteiger partial charge in [-0.25, -0.2) is 19.2 Å². The van der Waals surface area contributed by atoms with Crippen LogP contribution in [-0.2, 0) is 4.74 Å². The summed E-state index contributed by atoms with van der Waals surface area (Å²) in [5.41, 5.74) is 1.78. The number of rotatable bonds is 5. The minimum absolute atomic E-state index is 0.0669. The molecule has 0 atom stereocenters. The molecule has 38 heavy (non-hydrogen) atoms. The normalized spacial score (nSPS) is 18.3. The topological polar surface area (TPSA) is 107 Å². The van der Waals surface area contributed by atoms with Gasteiger partial charge in [-0.15, -0.1) is 0 Å². The van der Waals surface area contributed by atoms with E-state index in [4.69, 9.17) is 14.2 Å². The van der Waals surface area contributed by atoms with E-state index in [9.17, 15) is 4.79 Å². The second-order valence-corrected chi connectivity index (χ2v) is 10.7. The molecule has 3 N–H and O–H groups in total. The van der Waals surface area contributed by atoms with E-state index < -0.39 is 11.9 Å². The van der Waals surface area contributed by atoms with Crippen LogP contribution < -0.4 is 25.4 Å². The highest BCUT2D eigenvalue weighted by atomic mass is 19.1. The molecule has 2 aliphatic heterocycles. The third-order valence-corrected chi connectivity index (χ3v) is 7.58. The summed E-state index contributed by atoms with van der Waals surface area (Å²) in [5.74, 6) is 0.839. The third-order valence-electron chi connectivity index (χ3n) is 7.58. The van der Waals surface area contributed by atoms with Crippen LogP contribution in [-0.4, -0.2) is 54.5 Å². The summed E-state index contributed by atoms with van der Waals surface area (Å²) < 4.78 is 32.7. The smallest absolute Gasteiger partial charge is 0.413 e. The predicted octanol–water partition coefficient (Wildman–Crippen LogP) is 5.11. The van der Waals surface area contributed by atoms with E-state index in [2.05, 4.69) is 25.9 Å². The average Bonchev–Trinajstić information content (AvgIpc) is 2.88. The summed E-state index contributed by atoms with van der Waals surface area (Å²) >= 11 is 0. The van der Waals surface area contributed by atoms with E-state index in [1.54, 1.807) is 18.3 Å². The fourth-order valence-electron chi connectivity index (χ4n) is 5.70. The number of pyridine rings is 2. The van der Waals surface area contributed by atoms with Crippen molar-refractivity contribution in [2.75, 3.05) is 36.9 Å². The molecule has 1 aliphatic carbocycles. The van der Waals surface area contributed by atoms with Gasteiger partial charge in [-0.1, -0.05) is 0 Å². The summed E-state index contributed by atoms with van der Waals surface area (Å²) in [4.78, 5) is 21.2. The van der Waals surface area contributed by atoms with Crippen LogP contribution in [0.3, 0.4) is 0 Å². The number of halogens is 1. The first-order chi connectivity index (χ1) is 18.4. The monoisotopic (exact) mass is 521 g/mol. The molecule has 3 aliphatic rings. The molecular weight excluding hydrogens is 489 g/mol. The number of aromatic nitrogens is 2. The molecule has 2 aromatic heterocycles. The van der Waals surface area contributed by atoms with Gasteiger partial charge in [-0.3, -0.25) is 5.32 Å². The van der Waals surface area contributed by atoms with Crippen molar-refractivity contribution in [1.82, 2.24) is 15.3 Å². The van der Waals surface area contributed by atoms with Crippen molar-refractivity contribution in [3.63, 3.8) is 0 Å². The van der Waals surface area contributed by atoms with Crippen molar-refractivity contribution in [2.24, 2.45) is 5.41 Å². The van der Waals surface area contributed by atoms with Crippen LogP contribution in [0.2, 0.25) is 0 Å². The van der Waals surface area contributed by atoms with E-state index in [-0.39, 0.29) is 12.2 Å². The number of hydrogen-bond acceptors (Lipinski definition) is 8. The molecule has 0 unspecified atom stereocenters. The highest BCUT2D eigenvalue weighted by Crippen LogP contribution is 2.49. The van der Waals surface area contributed by atoms with E-state index >= 15 is 4.39 Å². The van der Waals surface area contributed by atoms with Crippen LogP contribution in [0, 0.1) is 11.2 Å². The van der Waals surface area contributed by atoms with Crippen LogP contribution in [0.25, 0.3) is 21.9 Å². The molecule has 2 fully saturated rings. The summed E-state index contributed by atoms with van der Waals surface area (Å²) in [6, 6.07) is 4.86. The summed E-state index contributed by atoms with van der Waals surface area (Å²) in [7, 11) is 0. The first-order valence-electron chi connectivity index (χ1n) is 13.2. The Morgan fingerprint density at radius 3 is 2.71 bits per heavy atom. The summed E-state index contributed by atoms with van der Waals surface area (Å²) in [6.07, 6.45) is 6.46. The van der Waals surface area contributed by atoms with E-state index in [1.165, 1.54) is 12.3 Å². The lowest BCUT2D eigenvalue weighted by atomic mass is 9.62. The number of hydrogen-bond donors (Lipinski definition) is 3. The number of carbonyl (C=O) groups excluding carboxylic acids is 1. The number of piperidine rings is 1. The molecular formula is C28H32FN5O4. The van der Waals surface area contributed by atoms with E-state index in [1.807, 2.05) is 13.8 Å². The molecule has 1 amide bonds. The van der Waals surface area contributed by atoms with Crippen LogP contribution in [0.1, 0.15) is 39.5 Å². The van der Waals surface area contributed by atoms with Gasteiger partial charge in [-0.05, 0) is 81.6 Å². The Morgan fingerprint density at radius 1 is 1.11 bits per heavy atom. The highest BCUT2D eigenvalue weighted by Gasteiger charge is 2.46. The molecule has 9 nitrogen and oxygen atoms in total. The fourth-order valence-corrected chi connectivity index (χ4v) is 5.70. The molecule has 0 bridgehead atoms. The van der Waals surface area contributed by atoms with Gasteiger partial charge < -0.3 is 24.8 Å². The van der Waals surface area contributed by atoms with Gasteiger partial charge in [0.15, 0.2) is 5.75 Å². The zero-order valence-corrected chi connectivity index (χ0v) is 21.6. The first kappa shape index (κ1) is 24.7. The van der Waals surface area contributed by atoms with E-state index in [0.717, 1.165) is 38.8 Å². The molecule has 0 radical (unpaired) electrons. The number of nitrogens with zero attached hydrogens (tertiary/aromatic N) is 2. The molecule has 10 heteroatoms. The summed E-state index contributed by atoms with van der Waals surface area (Å²) in [6.45, 7) is 6.97. The van der Waals surface area contributed by atoms with Crippen LogP contribution >= 0.6 is 0 Å². The molecule has 3 aromatic rings. The van der Waals surface area contributed by atoms with Crippen molar-refractivity contribution in [1.29, 1.82) is 0 Å². The lowest BCUT2D eigenvalue weighted by Gasteiger charge is -2.49. The molecule has 200 valence electrons. The Bertz CT molecular complexity index is 1370. The number of ether oxygens (including phenoxy) is 3. The minimum atomic E-state index is -0.523.